The minimum atomic E-state index is -0.0862. The van der Waals surface area contributed by atoms with E-state index in [2.05, 4.69) is 19.2 Å². The van der Waals surface area contributed by atoms with Crippen LogP contribution in [-0.4, -0.2) is 32.3 Å². The Kier molecular flexibility index (Phi) is 5.01. The Hall–Kier alpha value is -1.55. The molecule has 4 nitrogen and oxygen atoms in total. The zero-order valence-electron chi connectivity index (χ0n) is 12.4. The number of ether oxygens (including phenoxy) is 2. The van der Waals surface area contributed by atoms with Gasteiger partial charge in [-0.1, -0.05) is 26.0 Å². The minimum absolute atomic E-state index is 0.0862. The zero-order chi connectivity index (χ0) is 14.5. The van der Waals surface area contributed by atoms with E-state index in [0.717, 1.165) is 13.0 Å². The molecule has 1 aromatic rings. The molecule has 1 aromatic carbocycles. The molecule has 2 rings (SSSR count). The first-order valence-corrected chi connectivity index (χ1v) is 7.16. The number of para-hydroxylation sites is 1. The number of carbonyl (C=O) groups excluding carboxylic acids is 1. The smallest absolute Gasteiger partial charge is 0.255 e. The van der Waals surface area contributed by atoms with Crippen LogP contribution in [0.2, 0.25) is 0 Å². The average molecular weight is 277 g/mol. The fourth-order valence-corrected chi connectivity index (χ4v) is 2.76. The first-order chi connectivity index (χ1) is 9.63. The van der Waals surface area contributed by atoms with Gasteiger partial charge in [0.05, 0.1) is 18.8 Å². The summed E-state index contributed by atoms with van der Waals surface area (Å²) in [5.41, 5.74) is 0.579. The maximum absolute atomic E-state index is 12.2. The Bertz CT molecular complexity index is 459. The molecule has 0 bridgehead atoms. The van der Waals surface area contributed by atoms with Crippen molar-refractivity contribution in [3.63, 3.8) is 0 Å². The molecule has 1 aliphatic rings. The fourth-order valence-electron chi connectivity index (χ4n) is 2.76. The van der Waals surface area contributed by atoms with E-state index in [0.29, 0.717) is 29.7 Å². The van der Waals surface area contributed by atoms with Crippen LogP contribution in [0.25, 0.3) is 0 Å². The maximum Gasteiger partial charge on any atom is 0.255 e. The molecule has 1 amide bonds. The second-order valence-corrected chi connectivity index (χ2v) is 5.54. The molecule has 0 spiro atoms. The highest BCUT2D eigenvalue weighted by Gasteiger charge is 2.30. The predicted octanol–water partition coefficient (Wildman–Crippen LogP) is 2.49. The third-order valence-electron chi connectivity index (χ3n) is 3.80. The Morgan fingerprint density at radius 3 is 2.90 bits per heavy atom. The standard InChI is InChI=1S/C16H23NO3/c1-11(2)15-12(8-9-20-15)10-17-16(18)13-6-4-5-7-14(13)19-3/h4-7,11-12,15H,8-10H2,1-3H3,(H,17,18)/t12-,15+/m0/s1. The Morgan fingerprint density at radius 1 is 1.45 bits per heavy atom. The molecule has 20 heavy (non-hydrogen) atoms. The zero-order valence-corrected chi connectivity index (χ0v) is 12.4. The molecule has 110 valence electrons. The van der Waals surface area contributed by atoms with Crippen LogP contribution in [-0.2, 0) is 4.74 Å². The Balaban J connectivity index is 1.95. The lowest BCUT2D eigenvalue weighted by Gasteiger charge is -2.22. The van der Waals surface area contributed by atoms with Crippen molar-refractivity contribution in [1.29, 1.82) is 0 Å². The Labute approximate surface area is 120 Å². The van der Waals surface area contributed by atoms with E-state index < -0.39 is 0 Å². The topological polar surface area (TPSA) is 47.6 Å². The van der Waals surface area contributed by atoms with Crippen LogP contribution in [0.15, 0.2) is 24.3 Å². The number of benzene rings is 1. The summed E-state index contributed by atoms with van der Waals surface area (Å²) in [5, 5.41) is 3.00. The van der Waals surface area contributed by atoms with Crippen molar-refractivity contribution in [2.75, 3.05) is 20.3 Å². The van der Waals surface area contributed by atoms with Crippen LogP contribution in [0.1, 0.15) is 30.6 Å². The maximum atomic E-state index is 12.2. The first kappa shape index (κ1) is 14.9. The quantitative estimate of drug-likeness (QED) is 0.899. The van der Waals surface area contributed by atoms with Gasteiger partial charge in [-0.25, -0.2) is 0 Å². The van der Waals surface area contributed by atoms with E-state index in [-0.39, 0.29) is 12.0 Å². The van der Waals surface area contributed by atoms with E-state index in [4.69, 9.17) is 9.47 Å². The van der Waals surface area contributed by atoms with Gasteiger partial charge in [-0.15, -0.1) is 0 Å². The van der Waals surface area contributed by atoms with Gasteiger partial charge in [-0.2, -0.15) is 0 Å². The summed E-state index contributed by atoms with van der Waals surface area (Å²) >= 11 is 0. The van der Waals surface area contributed by atoms with Gasteiger partial charge in [0.2, 0.25) is 0 Å². The molecule has 0 unspecified atom stereocenters. The second kappa shape index (κ2) is 6.75. The van der Waals surface area contributed by atoms with Crippen molar-refractivity contribution in [2.45, 2.75) is 26.4 Å². The van der Waals surface area contributed by atoms with Gasteiger partial charge in [-0.05, 0) is 24.5 Å². The largest absolute Gasteiger partial charge is 0.496 e. The summed E-state index contributed by atoms with van der Waals surface area (Å²) in [4.78, 5) is 12.2. The highest BCUT2D eigenvalue weighted by Crippen LogP contribution is 2.26. The molecule has 2 atom stereocenters. The molecule has 0 aliphatic carbocycles. The molecule has 1 aliphatic heterocycles. The van der Waals surface area contributed by atoms with Crippen molar-refractivity contribution in [3.8, 4) is 5.75 Å². The van der Waals surface area contributed by atoms with Crippen LogP contribution in [0.4, 0.5) is 0 Å². The van der Waals surface area contributed by atoms with Crippen molar-refractivity contribution in [2.24, 2.45) is 11.8 Å². The second-order valence-electron chi connectivity index (χ2n) is 5.54. The van der Waals surface area contributed by atoms with Crippen LogP contribution >= 0.6 is 0 Å². The number of hydrogen-bond donors (Lipinski definition) is 1. The minimum Gasteiger partial charge on any atom is -0.496 e. The van der Waals surface area contributed by atoms with E-state index >= 15 is 0 Å². The number of nitrogens with one attached hydrogen (secondary N) is 1. The van der Waals surface area contributed by atoms with Gasteiger partial charge < -0.3 is 14.8 Å². The monoisotopic (exact) mass is 277 g/mol. The first-order valence-electron chi connectivity index (χ1n) is 7.16. The van der Waals surface area contributed by atoms with E-state index in [1.165, 1.54) is 0 Å². The molecular formula is C16H23NO3. The molecule has 1 heterocycles. The predicted molar refractivity (Wildman–Crippen MR) is 78.0 cm³/mol. The summed E-state index contributed by atoms with van der Waals surface area (Å²) in [5.74, 6) is 1.39. The molecule has 1 saturated heterocycles. The fraction of sp³-hybridized carbons (Fsp3) is 0.562. The Morgan fingerprint density at radius 2 is 2.20 bits per heavy atom. The van der Waals surface area contributed by atoms with Crippen LogP contribution in [0.3, 0.4) is 0 Å². The summed E-state index contributed by atoms with van der Waals surface area (Å²) < 4.78 is 10.9. The highest BCUT2D eigenvalue weighted by molar-refractivity contribution is 5.96. The van der Waals surface area contributed by atoms with Gasteiger partial charge in [0.25, 0.3) is 5.91 Å². The number of hydrogen-bond acceptors (Lipinski definition) is 3. The molecule has 1 N–H and O–H groups in total. The van der Waals surface area contributed by atoms with Crippen LogP contribution < -0.4 is 10.1 Å². The van der Waals surface area contributed by atoms with Gasteiger partial charge in [0.15, 0.2) is 0 Å². The van der Waals surface area contributed by atoms with Crippen LogP contribution in [0, 0.1) is 11.8 Å². The highest BCUT2D eigenvalue weighted by atomic mass is 16.5. The van der Waals surface area contributed by atoms with E-state index in [1.54, 1.807) is 19.2 Å². The molecule has 0 saturated carbocycles. The summed E-state index contributed by atoms with van der Waals surface area (Å²) in [6.07, 6.45) is 1.25. The van der Waals surface area contributed by atoms with Gasteiger partial charge in [-0.3, -0.25) is 4.79 Å². The van der Waals surface area contributed by atoms with E-state index in [9.17, 15) is 4.79 Å². The van der Waals surface area contributed by atoms with Crippen molar-refractivity contribution < 1.29 is 14.3 Å². The lowest BCUT2D eigenvalue weighted by molar-refractivity contribution is 0.0533. The van der Waals surface area contributed by atoms with Crippen molar-refractivity contribution in [3.05, 3.63) is 29.8 Å². The third-order valence-corrected chi connectivity index (χ3v) is 3.80. The summed E-state index contributed by atoms with van der Waals surface area (Å²) in [6.45, 7) is 5.76. The third kappa shape index (κ3) is 3.31. The summed E-state index contributed by atoms with van der Waals surface area (Å²) in [6, 6.07) is 7.27. The lowest BCUT2D eigenvalue weighted by atomic mass is 9.93. The van der Waals surface area contributed by atoms with Gasteiger partial charge in [0, 0.05) is 19.1 Å². The molecule has 0 radical (unpaired) electrons. The number of amides is 1. The van der Waals surface area contributed by atoms with Crippen molar-refractivity contribution in [1.82, 2.24) is 5.32 Å². The SMILES string of the molecule is COc1ccccc1C(=O)NC[C@@H]1CCO[C@@H]1C(C)C. The van der Waals surface area contributed by atoms with Crippen LogP contribution in [0.5, 0.6) is 5.75 Å². The molecule has 4 heteroatoms. The lowest BCUT2D eigenvalue weighted by Crippen LogP contribution is -2.35. The number of carbonyl (C=O) groups is 1. The summed E-state index contributed by atoms with van der Waals surface area (Å²) in [7, 11) is 1.58. The molecule has 1 fully saturated rings. The van der Waals surface area contributed by atoms with Gasteiger partial charge >= 0.3 is 0 Å². The number of methoxy groups -OCH3 is 1. The van der Waals surface area contributed by atoms with Crippen molar-refractivity contribution >= 4 is 5.91 Å². The van der Waals surface area contributed by atoms with E-state index in [1.807, 2.05) is 12.1 Å². The van der Waals surface area contributed by atoms with Gasteiger partial charge in [0.1, 0.15) is 5.75 Å². The molecular weight excluding hydrogens is 254 g/mol. The average Bonchev–Trinajstić information content (AvgIpc) is 2.93. The normalized spacial score (nSPS) is 22.0. The molecule has 0 aromatic heterocycles. The number of rotatable bonds is 5.